The molecule has 0 fully saturated rings. The van der Waals surface area contributed by atoms with Gasteiger partial charge in [0.05, 0.1) is 0 Å². The molecule has 0 aromatic heterocycles. The van der Waals surface area contributed by atoms with Gasteiger partial charge in [0.15, 0.2) is 5.78 Å². The van der Waals surface area contributed by atoms with E-state index in [0.29, 0.717) is 11.4 Å². The molecule has 15 heavy (non-hydrogen) atoms. The van der Waals surface area contributed by atoms with E-state index >= 15 is 0 Å². The fourth-order valence-corrected chi connectivity index (χ4v) is 1.66. The van der Waals surface area contributed by atoms with Gasteiger partial charge in [-0.25, -0.2) is 0 Å². The molecule has 2 heteroatoms. The van der Waals surface area contributed by atoms with Crippen molar-refractivity contribution in [3.63, 3.8) is 0 Å². The number of ketones is 1. The summed E-state index contributed by atoms with van der Waals surface area (Å²) >= 11 is 5.98. The van der Waals surface area contributed by atoms with Crippen LogP contribution in [0.4, 0.5) is 0 Å². The predicted octanol–water partition coefficient (Wildman–Crippen LogP) is 4.27. The maximum atomic E-state index is 12.0. The first-order valence-electron chi connectivity index (χ1n) is 5.09. The van der Waals surface area contributed by atoms with Crippen LogP contribution in [0.1, 0.15) is 43.1 Å². The summed E-state index contributed by atoms with van der Waals surface area (Å²) in [5.74, 6) is 0.169. The molecule has 0 unspecified atom stereocenters. The molecule has 0 aliphatic carbocycles. The van der Waals surface area contributed by atoms with E-state index < -0.39 is 0 Å². The average Bonchev–Trinajstić information content (AvgIpc) is 2.06. The number of hydrogen-bond donors (Lipinski definition) is 0. The summed E-state index contributed by atoms with van der Waals surface area (Å²) in [6.07, 6.45) is 0.550. The van der Waals surface area contributed by atoms with Crippen LogP contribution in [-0.4, -0.2) is 5.78 Å². The molecule has 0 heterocycles. The lowest BCUT2D eigenvalue weighted by Gasteiger charge is -2.17. The SMILES string of the molecule is Cc1c(Cl)cccc1C(=O)CC(C)(C)C. The number of benzene rings is 1. The van der Waals surface area contributed by atoms with Crippen LogP contribution >= 0.6 is 11.6 Å². The Morgan fingerprint density at radius 1 is 1.33 bits per heavy atom. The van der Waals surface area contributed by atoms with Crippen LogP contribution in [0.2, 0.25) is 5.02 Å². The smallest absolute Gasteiger partial charge is 0.163 e. The Hall–Kier alpha value is -0.820. The van der Waals surface area contributed by atoms with E-state index in [-0.39, 0.29) is 11.2 Å². The zero-order chi connectivity index (χ0) is 11.6. The molecule has 82 valence electrons. The Labute approximate surface area is 96.5 Å². The van der Waals surface area contributed by atoms with Gasteiger partial charge in [-0.15, -0.1) is 0 Å². The van der Waals surface area contributed by atoms with Crippen LogP contribution < -0.4 is 0 Å². The highest BCUT2D eigenvalue weighted by Crippen LogP contribution is 2.25. The Bertz CT molecular complexity index is 375. The van der Waals surface area contributed by atoms with Gasteiger partial charge in [-0.2, -0.15) is 0 Å². The lowest BCUT2D eigenvalue weighted by atomic mass is 9.87. The van der Waals surface area contributed by atoms with Gasteiger partial charge < -0.3 is 0 Å². The molecule has 0 saturated carbocycles. The summed E-state index contributed by atoms with van der Waals surface area (Å²) in [4.78, 5) is 12.0. The summed E-state index contributed by atoms with van der Waals surface area (Å²) in [6, 6.07) is 5.48. The third-order valence-electron chi connectivity index (χ3n) is 2.26. The van der Waals surface area contributed by atoms with Crippen molar-refractivity contribution in [3.05, 3.63) is 34.3 Å². The highest BCUT2D eigenvalue weighted by Gasteiger charge is 2.19. The minimum absolute atomic E-state index is 0.0197. The zero-order valence-corrected chi connectivity index (χ0v) is 10.5. The highest BCUT2D eigenvalue weighted by atomic mass is 35.5. The van der Waals surface area contributed by atoms with Gasteiger partial charge in [-0.05, 0) is 24.0 Å². The van der Waals surface area contributed by atoms with Crippen molar-refractivity contribution < 1.29 is 4.79 Å². The minimum atomic E-state index is 0.0197. The predicted molar refractivity (Wildman–Crippen MR) is 64.6 cm³/mol. The van der Waals surface area contributed by atoms with Crippen molar-refractivity contribution in [2.45, 2.75) is 34.1 Å². The van der Waals surface area contributed by atoms with E-state index in [0.717, 1.165) is 11.1 Å². The third-order valence-corrected chi connectivity index (χ3v) is 2.67. The van der Waals surface area contributed by atoms with Gasteiger partial charge >= 0.3 is 0 Å². The molecule has 0 atom stereocenters. The fourth-order valence-electron chi connectivity index (χ4n) is 1.49. The molecule has 1 rings (SSSR count). The fraction of sp³-hybridized carbons (Fsp3) is 0.462. The van der Waals surface area contributed by atoms with Crippen molar-refractivity contribution in [1.29, 1.82) is 0 Å². The Morgan fingerprint density at radius 2 is 1.93 bits per heavy atom. The van der Waals surface area contributed by atoms with Gasteiger partial charge in [0.25, 0.3) is 0 Å². The van der Waals surface area contributed by atoms with Crippen molar-refractivity contribution in [3.8, 4) is 0 Å². The standard InChI is InChI=1S/C13H17ClO/c1-9-10(6-5-7-11(9)14)12(15)8-13(2,3)4/h5-7H,8H2,1-4H3. The Kier molecular flexibility index (Phi) is 3.56. The molecular weight excluding hydrogens is 208 g/mol. The van der Waals surface area contributed by atoms with Gasteiger partial charge in [0.2, 0.25) is 0 Å². The van der Waals surface area contributed by atoms with Gasteiger partial charge in [0, 0.05) is 17.0 Å². The molecule has 0 N–H and O–H groups in total. The molecule has 0 spiro atoms. The van der Waals surface area contributed by atoms with Crippen molar-refractivity contribution in [2.24, 2.45) is 5.41 Å². The number of Topliss-reactive ketones (excluding diaryl/α,β-unsaturated/α-hetero) is 1. The van der Waals surface area contributed by atoms with Crippen molar-refractivity contribution >= 4 is 17.4 Å². The van der Waals surface area contributed by atoms with Gasteiger partial charge in [0.1, 0.15) is 0 Å². The van der Waals surface area contributed by atoms with Crippen LogP contribution in [0.15, 0.2) is 18.2 Å². The van der Waals surface area contributed by atoms with E-state index in [1.165, 1.54) is 0 Å². The van der Waals surface area contributed by atoms with Crippen LogP contribution in [0.25, 0.3) is 0 Å². The summed E-state index contributed by atoms with van der Waals surface area (Å²) < 4.78 is 0. The van der Waals surface area contributed by atoms with E-state index in [1.54, 1.807) is 0 Å². The molecule has 1 aromatic rings. The summed E-state index contributed by atoms with van der Waals surface area (Å²) in [5, 5.41) is 0.662. The lowest BCUT2D eigenvalue weighted by molar-refractivity contribution is 0.0939. The first-order valence-corrected chi connectivity index (χ1v) is 5.47. The van der Waals surface area contributed by atoms with Gasteiger partial charge in [-0.3, -0.25) is 4.79 Å². The second-order valence-electron chi connectivity index (χ2n) is 5.07. The summed E-state index contributed by atoms with van der Waals surface area (Å²) in [6.45, 7) is 8.07. The van der Waals surface area contributed by atoms with E-state index in [9.17, 15) is 4.79 Å². The third kappa shape index (κ3) is 3.35. The van der Waals surface area contributed by atoms with Crippen LogP contribution in [0, 0.1) is 12.3 Å². The van der Waals surface area contributed by atoms with Crippen molar-refractivity contribution in [2.75, 3.05) is 0 Å². The first-order chi connectivity index (χ1) is 6.81. The number of hydrogen-bond acceptors (Lipinski definition) is 1. The normalized spacial score (nSPS) is 11.5. The largest absolute Gasteiger partial charge is 0.294 e. The quantitative estimate of drug-likeness (QED) is 0.686. The Balaban J connectivity index is 2.97. The number of rotatable bonds is 2. The topological polar surface area (TPSA) is 17.1 Å². The molecule has 0 amide bonds. The maximum absolute atomic E-state index is 12.0. The van der Waals surface area contributed by atoms with Gasteiger partial charge in [-0.1, -0.05) is 44.5 Å². The molecular formula is C13H17ClO. The lowest BCUT2D eigenvalue weighted by Crippen LogP contribution is -2.14. The van der Waals surface area contributed by atoms with Crippen LogP contribution in [-0.2, 0) is 0 Å². The molecule has 0 saturated heterocycles. The Morgan fingerprint density at radius 3 is 2.47 bits per heavy atom. The molecule has 0 bridgehead atoms. The second-order valence-corrected chi connectivity index (χ2v) is 5.48. The first kappa shape index (κ1) is 12.3. The molecule has 1 nitrogen and oxygen atoms in total. The molecule has 0 aliphatic heterocycles. The monoisotopic (exact) mass is 224 g/mol. The number of carbonyl (C=O) groups excluding carboxylic acids is 1. The average molecular weight is 225 g/mol. The van der Waals surface area contributed by atoms with Crippen LogP contribution in [0.5, 0.6) is 0 Å². The highest BCUT2D eigenvalue weighted by molar-refractivity contribution is 6.31. The molecule has 1 aromatic carbocycles. The molecule has 0 radical (unpaired) electrons. The molecule has 0 aliphatic rings. The number of carbonyl (C=O) groups is 1. The number of halogens is 1. The maximum Gasteiger partial charge on any atom is 0.163 e. The van der Waals surface area contributed by atoms with Crippen LogP contribution in [0.3, 0.4) is 0 Å². The van der Waals surface area contributed by atoms with E-state index in [1.807, 2.05) is 25.1 Å². The second kappa shape index (κ2) is 4.36. The van der Waals surface area contributed by atoms with E-state index in [4.69, 9.17) is 11.6 Å². The van der Waals surface area contributed by atoms with Crippen molar-refractivity contribution in [1.82, 2.24) is 0 Å². The summed E-state index contributed by atoms with van der Waals surface area (Å²) in [7, 11) is 0. The summed E-state index contributed by atoms with van der Waals surface area (Å²) in [5.41, 5.74) is 1.65. The van der Waals surface area contributed by atoms with E-state index in [2.05, 4.69) is 20.8 Å². The minimum Gasteiger partial charge on any atom is -0.294 e. The zero-order valence-electron chi connectivity index (χ0n) is 9.73.